The Morgan fingerprint density at radius 2 is 2.21 bits per heavy atom. The molecule has 1 N–H and O–H groups in total. The van der Waals surface area contributed by atoms with E-state index in [1.165, 1.54) is 30.5 Å². The molecule has 1 unspecified atom stereocenters. The second-order valence-corrected chi connectivity index (χ2v) is 4.32. The van der Waals surface area contributed by atoms with Gasteiger partial charge in [-0.05, 0) is 48.9 Å². The quantitative estimate of drug-likeness (QED) is 0.771. The lowest BCUT2D eigenvalue weighted by molar-refractivity contribution is 0.414. The molecule has 0 radical (unpaired) electrons. The van der Waals surface area contributed by atoms with Gasteiger partial charge in [0, 0.05) is 11.7 Å². The van der Waals surface area contributed by atoms with Gasteiger partial charge in [0.15, 0.2) is 0 Å². The van der Waals surface area contributed by atoms with Crippen molar-refractivity contribution in [3.63, 3.8) is 0 Å². The smallest absolute Gasteiger partial charge is 0.119 e. The minimum Gasteiger partial charge on any atom is -0.497 e. The normalized spacial score (nSPS) is 24.2. The Bertz CT molecular complexity index is 357. The van der Waals surface area contributed by atoms with Crippen LogP contribution in [0, 0.1) is 5.92 Å². The van der Waals surface area contributed by atoms with Crippen LogP contribution in [0.4, 0.5) is 5.69 Å². The third-order valence-corrected chi connectivity index (χ3v) is 3.28. The molecule has 2 heteroatoms. The monoisotopic (exact) mass is 189 g/mol. The third kappa shape index (κ3) is 1.26. The number of benzene rings is 1. The van der Waals surface area contributed by atoms with Crippen LogP contribution in [0.25, 0.3) is 0 Å². The highest BCUT2D eigenvalue weighted by Crippen LogP contribution is 2.40. The Morgan fingerprint density at radius 3 is 2.93 bits per heavy atom. The summed E-state index contributed by atoms with van der Waals surface area (Å²) >= 11 is 0. The van der Waals surface area contributed by atoms with Crippen molar-refractivity contribution in [3.8, 4) is 5.75 Å². The highest BCUT2D eigenvalue weighted by atomic mass is 16.5. The SMILES string of the molecule is COc1ccc2c(c1)CC(C1CC1)N2. The van der Waals surface area contributed by atoms with Crippen molar-refractivity contribution in [2.24, 2.45) is 5.92 Å². The Balaban J connectivity index is 1.86. The van der Waals surface area contributed by atoms with E-state index in [1.54, 1.807) is 7.11 Å². The molecule has 74 valence electrons. The van der Waals surface area contributed by atoms with Gasteiger partial charge in [-0.3, -0.25) is 0 Å². The molecule has 14 heavy (non-hydrogen) atoms. The standard InChI is InChI=1S/C12H15NO/c1-14-10-4-5-11-9(6-10)7-12(13-11)8-2-3-8/h4-6,8,12-13H,2-3,7H2,1H3. The topological polar surface area (TPSA) is 21.3 Å². The molecule has 1 aromatic carbocycles. The predicted molar refractivity (Wildman–Crippen MR) is 56.8 cm³/mol. The fourth-order valence-corrected chi connectivity index (χ4v) is 2.28. The molecule has 1 heterocycles. The predicted octanol–water partition coefficient (Wildman–Crippen LogP) is 2.44. The summed E-state index contributed by atoms with van der Waals surface area (Å²) in [4.78, 5) is 0. The van der Waals surface area contributed by atoms with Gasteiger partial charge < -0.3 is 10.1 Å². The van der Waals surface area contributed by atoms with Crippen molar-refractivity contribution in [2.45, 2.75) is 25.3 Å². The van der Waals surface area contributed by atoms with Crippen LogP contribution >= 0.6 is 0 Å². The number of hydrogen-bond acceptors (Lipinski definition) is 2. The van der Waals surface area contributed by atoms with E-state index in [1.807, 2.05) is 6.07 Å². The second kappa shape index (κ2) is 2.91. The van der Waals surface area contributed by atoms with E-state index >= 15 is 0 Å². The van der Waals surface area contributed by atoms with Crippen molar-refractivity contribution < 1.29 is 4.74 Å². The van der Waals surface area contributed by atoms with Crippen LogP contribution in [0.1, 0.15) is 18.4 Å². The molecule has 0 amide bonds. The van der Waals surface area contributed by atoms with Crippen molar-refractivity contribution in [3.05, 3.63) is 23.8 Å². The number of fused-ring (bicyclic) bond motifs is 1. The van der Waals surface area contributed by atoms with E-state index in [4.69, 9.17) is 4.74 Å². The summed E-state index contributed by atoms with van der Waals surface area (Å²) in [5.74, 6) is 1.90. The maximum Gasteiger partial charge on any atom is 0.119 e. The van der Waals surface area contributed by atoms with Crippen molar-refractivity contribution >= 4 is 5.69 Å². The zero-order valence-corrected chi connectivity index (χ0v) is 8.42. The first-order valence-corrected chi connectivity index (χ1v) is 5.30. The maximum absolute atomic E-state index is 5.22. The van der Waals surface area contributed by atoms with Gasteiger partial charge in [-0.2, -0.15) is 0 Å². The van der Waals surface area contributed by atoms with Crippen LogP contribution in [-0.4, -0.2) is 13.2 Å². The van der Waals surface area contributed by atoms with Gasteiger partial charge in [-0.15, -0.1) is 0 Å². The Hall–Kier alpha value is -1.18. The van der Waals surface area contributed by atoms with Crippen LogP contribution in [0.5, 0.6) is 5.75 Å². The minimum atomic E-state index is 0.692. The number of ether oxygens (including phenoxy) is 1. The number of nitrogens with one attached hydrogen (secondary N) is 1. The summed E-state index contributed by atoms with van der Waals surface area (Å²) in [6.45, 7) is 0. The lowest BCUT2D eigenvalue weighted by atomic mass is 10.1. The van der Waals surface area contributed by atoms with Crippen LogP contribution in [0.15, 0.2) is 18.2 Å². The van der Waals surface area contributed by atoms with Crippen LogP contribution in [-0.2, 0) is 6.42 Å². The fourth-order valence-electron chi connectivity index (χ4n) is 2.28. The number of methoxy groups -OCH3 is 1. The van der Waals surface area contributed by atoms with Crippen molar-refractivity contribution in [1.82, 2.24) is 0 Å². The molecule has 2 aliphatic rings. The number of anilines is 1. The fraction of sp³-hybridized carbons (Fsp3) is 0.500. The second-order valence-electron chi connectivity index (χ2n) is 4.32. The molecule has 1 fully saturated rings. The Morgan fingerprint density at radius 1 is 1.36 bits per heavy atom. The van der Waals surface area contributed by atoms with E-state index < -0.39 is 0 Å². The number of rotatable bonds is 2. The molecular formula is C12H15NO. The summed E-state index contributed by atoms with van der Waals surface area (Å²) in [6, 6.07) is 7.01. The first-order valence-electron chi connectivity index (χ1n) is 5.30. The van der Waals surface area contributed by atoms with Crippen LogP contribution in [0.3, 0.4) is 0 Å². The molecule has 1 atom stereocenters. The molecule has 0 bridgehead atoms. The molecule has 2 nitrogen and oxygen atoms in total. The largest absolute Gasteiger partial charge is 0.497 e. The van der Waals surface area contributed by atoms with Crippen molar-refractivity contribution in [1.29, 1.82) is 0 Å². The van der Waals surface area contributed by atoms with E-state index in [0.717, 1.165) is 11.7 Å². The van der Waals surface area contributed by atoms with Gasteiger partial charge in [-0.25, -0.2) is 0 Å². The summed E-state index contributed by atoms with van der Waals surface area (Å²) in [5, 5.41) is 3.59. The number of hydrogen-bond donors (Lipinski definition) is 1. The lowest BCUT2D eigenvalue weighted by Gasteiger charge is -2.07. The zero-order chi connectivity index (χ0) is 9.54. The molecule has 0 saturated heterocycles. The van der Waals surface area contributed by atoms with E-state index in [0.29, 0.717) is 6.04 Å². The summed E-state index contributed by atoms with van der Waals surface area (Å²) in [6.07, 6.45) is 3.99. The minimum absolute atomic E-state index is 0.692. The van der Waals surface area contributed by atoms with Crippen LogP contribution < -0.4 is 10.1 Å². The first kappa shape index (κ1) is 8.16. The Labute approximate surface area is 84.3 Å². The molecule has 1 aliphatic heterocycles. The van der Waals surface area contributed by atoms with Gasteiger partial charge in [0.25, 0.3) is 0 Å². The molecule has 3 rings (SSSR count). The average molecular weight is 189 g/mol. The summed E-state index contributed by atoms with van der Waals surface area (Å²) in [7, 11) is 1.72. The molecule has 1 saturated carbocycles. The molecular weight excluding hydrogens is 174 g/mol. The van der Waals surface area contributed by atoms with Gasteiger partial charge in [0.2, 0.25) is 0 Å². The lowest BCUT2D eigenvalue weighted by Crippen LogP contribution is -2.17. The molecule has 1 aromatic rings. The maximum atomic E-state index is 5.22. The van der Waals surface area contributed by atoms with Crippen LogP contribution in [0.2, 0.25) is 0 Å². The molecule has 1 aliphatic carbocycles. The van der Waals surface area contributed by atoms with Crippen molar-refractivity contribution in [2.75, 3.05) is 12.4 Å². The van der Waals surface area contributed by atoms with E-state index in [2.05, 4.69) is 17.4 Å². The molecule has 0 spiro atoms. The molecule has 0 aromatic heterocycles. The first-order chi connectivity index (χ1) is 6.86. The van der Waals surface area contributed by atoms with Gasteiger partial charge >= 0.3 is 0 Å². The van der Waals surface area contributed by atoms with Gasteiger partial charge in [-0.1, -0.05) is 0 Å². The zero-order valence-electron chi connectivity index (χ0n) is 8.42. The average Bonchev–Trinajstić information content (AvgIpc) is 2.97. The van der Waals surface area contributed by atoms with Gasteiger partial charge in [0.1, 0.15) is 5.75 Å². The van der Waals surface area contributed by atoms with Gasteiger partial charge in [0.05, 0.1) is 7.11 Å². The summed E-state index contributed by atoms with van der Waals surface area (Å²) in [5.41, 5.74) is 2.73. The van der Waals surface area contributed by atoms with E-state index in [9.17, 15) is 0 Å². The third-order valence-electron chi connectivity index (χ3n) is 3.28. The Kier molecular flexibility index (Phi) is 1.69. The van der Waals surface area contributed by atoms with E-state index in [-0.39, 0.29) is 0 Å². The highest BCUT2D eigenvalue weighted by molar-refractivity contribution is 5.59. The summed E-state index contributed by atoms with van der Waals surface area (Å²) < 4.78 is 5.22. The highest BCUT2D eigenvalue weighted by Gasteiger charge is 2.34.